The maximum Gasteiger partial charge on any atom is 0.157 e. The van der Waals surface area contributed by atoms with E-state index in [4.69, 9.17) is 10.5 Å². The summed E-state index contributed by atoms with van der Waals surface area (Å²) in [5, 5.41) is 34.2. The molecule has 0 saturated carbocycles. The Hall–Kier alpha value is -1.68. The Bertz CT molecular complexity index is 705. The summed E-state index contributed by atoms with van der Waals surface area (Å²) in [5.74, 6) is 0.343. The van der Waals surface area contributed by atoms with Crippen LogP contribution in [0, 0.1) is 0 Å². The lowest BCUT2D eigenvalue weighted by molar-refractivity contribution is -0.0664. The lowest BCUT2D eigenvalue weighted by atomic mass is 9.73. The van der Waals surface area contributed by atoms with Crippen molar-refractivity contribution in [1.82, 2.24) is 14.6 Å². The Labute approximate surface area is 127 Å². The number of anilines is 1. The van der Waals surface area contributed by atoms with Gasteiger partial charge in [0.1, 0.15) is 35.8 Å². The van der Waals surface area contributed by atoms with Gasteiger partial charge >= 0.3 is 0 Å². The van der Waals surface area contributed by atoms with Crippen LogP contribution in [0.1, 0.15) is 18.7 Å². The third kappa shape index (κ3) is 2.01. The largest absolute Gasteiger partial charge is 0.394 e. The topological polar surface area (TPSA) is 126 Å². The molecule has 0 bridgehead atoms. The van der Waals surface area contributed by atoms with Crippen LogP contribution in [0.4, 0.5) is 5.82 Å². The van der Waals surface area contributed by atoms with Gasteiger partial charge in [-0.3, -0.25) is 0 Å². The third-order valence-electron chi connectivity index (χ3n) is 4.31. The number of aliphatic hydroxyl groups excluding tert-OH is 2. The van der Waals surface area contributed by atoms with Gasteiger partial charge in [-0.25, -0.2) is 9.50 Å². The van der Waals surface area contributed by atoms with Crippen molar-refractivity contribution in [2.24, 2.45) is 0 Å². The van der Waals surface area contributed by atoms with E-state index in [0.717, 1.165) is 5.46 Å². The van der Waals surface area contributed by atoms with Crippen LogP contribution >= 0.6 is 0 Å². The zero-order valence-corrected chi connectivity index (χ0v) is 12.5. The van der Waals surface area contributed by atoms with Gasteiger partial charge in [0, 0.05) is 0 Å². The summed E-state index contributed by atoms with van der Waals surface area (Å²) in [7, 11) is 0.710. The third-order valence-corrected chi connectivity index (χ3v) is 4.31. The van der Waals surface area contributed by atoms with E-state index >= 15 is 0 Å². The summed E-state index contributed by atoms with van der Waals surface area (Å²) in [6, 6.07) is 1.84. The molecule has 0 spiro atoms. The molecule has 1 aliphatic rings. The Morgan fingerprint density at radius 1 is 1.55 bits per heavy atom. The van der Waals surface area contributed by atoms with E-state index in [1.165, 1.54) is 13.3 Å². The van der Waals surface area contributed by atoms with Crippen LogP contribution in [0.3, 0.4) is 0 Å². The lowest BCUT2D eigenvalue weighted by Gasteiger charge is -2.26. The first-order valence-corrected chi connectivity index (χ1v) is 7.19. The van der Waals surface area contributed by atoms with Gasteiger partial charge in [-0.05, 0) is 13.0 Å². The van der Waals surface area contributed by atoms with Crippen molar-refractivity contribution < 1.29 is 20.1 Å². The number of aromatic nitrogens is 3. The standard InChI is InChI=1S/C13H19BN4O4/c1-13(21)10(20)8(4-19)22-11(13)7-3-6(14-2)9-12(15)16-5-17-18(7)9/h3,5,8,10-11,14,19-21H,4H2,1-2H3,(H2,15,16,17)/t8-,10-,11+,13-/m1/s1. The Balaban J connectivity index is 2.17. The summed E-state index contributed by atoms with van der Waals surface area (Å²) < 4.78 is 7.23. The van der Waals surface area contributed by atoms with Crippen molar-refractivity contribution in [3.8, 4) is 0 Å². The molecular weight excluding hydrogens is 287 g/mol. The number of fused-ring (bicyclic) bond motifs is 1. The number of ether oxygens (including phenoxy) is 1. The minimum Gasteiger partial charge on any atom is -0.394 e. The first kappa shape index (κ1) is 15.2. The van der Waals surface area contributed by atoms with E-state index in [-0.39, 0.29) is 6.61 Å². The predicted octanol–water partition coefficient (Wildman–Crippen LogP) is -2.03. The molecule has 0 aromatic carbocycles. The maximum atomic E-state index is 10.6. The van der Waals surface area contributed by atoms with Gasteiger partial charge in [-0.2, -0.15) is 5.10 Å². The van der Waals surface area contributed by atoms with Gasteiger partial charge < -0.3 is 25.8 Å². The van der Waals surface area contributed by atoms with Crippen molar-refractivity contribution in [3.05, 3.63) is 18.1 Å². The summed E-state index contributed by atoms with van der Waals surface area (Å²) in [5.41, 5.74) is 6.54. The van der Waals surface area contributed by atoms with Crippen molar-refractivity contribution in [1.29, 1.82) is 0 Å². The predicted molar refractivity (Wildman–Crippen MR) is 81.4 cm³/mol. The molecule has 22 heavy (non-hydrogen) atoms. The normalized spacial score (nSPS) is 31.8. The van der Waals surface area contributed by atoms with Gasteiger partial charge in [-0.1, -0.05) is 12.3 Å². The van der Waals surface area contributed by atoms with E-state index in [9.17, 15) is 15.3 Å². The van der Waals surface area contributed by atoms with E-state index in [2.05, 4.69) is 10.1 Å². The highest BCUT2D eigenvalue weighted by Gasteiger charge is 2.53. The second-order valence-corrected chi connectivity index (χ2v) is 5.76. The van der Waals surface area contributed by atoms with E-state index in [0.29, 0.717) is 24.3 Å². The molecule has 0 radical (unpaired) electrons. The minimum absolute atomic E-state index is 0.343. The second kappa shape index (κ2) is 5.20. The van der Waals surface area contributed by atoms with Crippen LogP contribution in [-0.2, 0) is 4.74 Å². The fourth-order valence-electron chi connectivity index (χ4n) is 3.06. The fourth-order valence-corrected chi connectivity index (χ4v) is 3.06. The molecule has 8 nitrogen and oxygen atoms in total. The minimum atomic E-state index is -1.55. The molecule has 4 atom stereocenters. The summed E-state index contributed by atoms with van der Waals surface area (Å²) in [6.07, 6.45) is -1.55. The van der Waals surface area contributed by atoms with Crippen molar-refractivity contribution in [2.45, 2.75) is 37.7 Å². The Morgan fingerprint density at radius 2 is 2.27 bits per heavy atom. The average molecular weight is 306 g/mol. The SMILES string of the molecule is CBc1cc([C@@H]2O[C@H](CO)[C@@H](O)[C@@]2(C)O)n2ncnc(N)c12. The molecule has 1 aliphatic heterocycles. The molecule has 2 aromatic rings. The highest BCUT2D eigenvalue weighted by Crippen LogP contribution is 2.41. The number of nitrogens with zero attached hydrogens (tertiary/aromatic N) is 3. The van der Waals surface area contributed by atoms with Crippen LogP contribution < -0.4 is 11.2 Å². The molecule has 9 heteroatoms. The van der Waals surface area contributed by atoms with Gasteiger partial charge in [-0.15, -0.1) is 0 Å². The summed E-state index contributed by atoms with van der Waals surface area (Å²) in [4.78, 5) is 3.99. The van der Waals surface area contributed by atoms with Crippen LogP contribution in [-0.4, -0.2) is 61.6 Å². The number of rotatable bonds is 3. The van der Waals surface area contributed by atoms with E-state index in [1.54, 1.807) is 4.52 Å². The zero-order valence-electron chi connectivity index (χ0n) is 12.5. The molecule has 5 N–H and O–H groups in total. The molecule has 0 amide bonds. The molecule has 2 aromatic heterocycles. The highest BCUT2D eigenvalue weighted by molar-refractivity contribution is 6.55. The van der Waals surface area contributed by atoms with Crippen LogP contribution in [0.2, 0.25) is 6.82 Å². The molecule has 118 valence electrons. The van der Waals surface area contributed by atoms with Crippen molar-refractivity contribution in [3.63, 3.8) is 0 Å². The first-order chi connectivity index (χ1) is 10.4. The number of nitrogens with two attached hydrogens (primary N) is 1. The van der Waals surface area contributed by atoms with Crippen LogP contribution in [0.25, 0.3) is 5.52 Å². The molecule has 1 saturated heterocycles. The number of hydrogen-bond donors (Lipinski definition) is 4. The molecule has 3 rings (SSSR count). The quantitative estimate of drug-likeness (QED) is 0.482. The Kier molecular flexibility index (Phi) is 3.60. The smallest absolute Gasteiger partial charge is 0.157 e. The van der Waals surface area contributed by atoms with Crippen molar-refractivity contribution in [2.75, 3.05) is 12.3 Å². The highest BCUT2D eigenvalue weighted by atomic mass is 16.6. The van der Waals surface area contributed by atoms with E-state index in [1.807, 2.05) is 12.9 Å². The van der Waals surface area contributed by atoms with Gasteiger partial charge in [0.05, 0.1) is 12.3 Å². The molecule has 0 unspecified atom stereocenters. The zero-order chi connectivity index (χ0) is 16.1. The van der Waals surface area contributed by atoms with Crippen molar-refractivity contribution >= 4 is 24.1 Å². The number of aliphatic hydroxyl groups is 3. The van der Waals surface area contributed by atoms with Gasteiger partial charge in [0.2, 0.25) is 0 Å². The lowest BCUT2D eigenvalue weighted by Crippen LogP contribution is -2.43. The maximum absolute atomic E-state index is 10.6. The molecular formula is C13H19BN4O4. The molecule has 3 heterocycles. The summed E-state index contributed by atoms with van der Waals surface area (Å²) >= 11 is 0. The van der Waals surface area contributed by atoms with Crippen LogP contribution in [0.15, 0.2) is 12.4 Å². The van der Waals surface area contributed by atoms with Crippen LogP contribution in [0.5, 0.6) is 0 Å². The summed E-state index contributed by atoms with van der Waals surface area (Å²) in [6.45, 7) is 3.08. The van der Waals surface area contributed by atoms with E-state index < -0.39 is 23.9 Å². The number of nitrogen functional groups attached to an aromatic ring is 1. The average Bonchev–Trinajstić information content (AvgIpc) is 2.97. The monoisotopic (exact) mass is 306 g/mol. The first-order valence-electron chi connectivity index (χ1n) is 7.19. The van der Waals surface area contributed by atoms with Gasteiger partial charge in [0.15, 0.2) is 13.1 Å². The fraction of sp³-hybridized carbons (Fsp3) is 0.538. The Morgan fingerprint density at radius 3 is 2.86 bits per heavy atom. The number of hydrogen-bond acceptors (Lipinski definition) is 7. The molecule has 0 aliphatic carbocycles. The van der Waals surface area contributed by atoms with Gasteiger partial charge in [0.25, 0.3) is 0 Å². The second-order valence-electron chi connectivity index (χ2n) is 5.76. The molecule has 1 fully saturated rings.